The number of piperidine rings is 1. The molecular formula is C22H25F3N6O4S. The van der Waals surface area contributed by atoms with Crippen LogP contribution in [0.5, 0.6) is 5.88 Å². The Balaban J connectivity index is 1.45. The van der Waals surface area contributed by atoms with Crippen molar-refractivity contribution >= 4 is 16.0 Å². The van der Waals surface area contributed by atoms with Gasteiger partial charge in [-0.15, -0.1) is 0 Å². The van der Waals surface area contributed by atoms with E-state index in [0.29, 0.717) is 0 Å². The molecule has 1 saturated carbocycles. The minimum absolute atomic E-state index is 0.0236. The number of alkyl halides is 3. The summed E-state index contributed by atoms with van der Waals surface area (Å²) in [6.45, 7) is 0.850. The van der Waals surface area contributed by atoms with Gasteiger partial charge in [0, 0.05) is 32.1 Å². The molecule has 3 heterocycles. The van der Waals surface area contributed by atoms with Crippen molar-refractivity contribution in [2.24, 2.45) is 0 Å². The van der Waals surface area contributed by atoms with E-state index in [2.05, 4.69) is 20.3 Å². The molecule has 194 valence electrons. The molecule has 2 N–H and O–H groups in total. The van der Waals surface area contributed by atoms with Crippen LogP contribution < -0.4 is 10.1 Å². The van der Waals surface area contributed by atoms with E-state index >= 15 is 0 Å². The van der Waals surface area contributed by atoms with Crippen molar-refractivity contribution in [3.05, 3.63) is 36.2 Å². The largest absolute Gasteiger partial charge is 0.470 e. The zero-order valence-electron chi connectivity index (χ0n) is 19.3. The molecule has 2 aliphatic rings. The van der Waals surface area contributed by atoms with Crippen LogP contribution in [0.4, 0.5) is 19.1 Å². The van der Waals surface area contributed by atoms with Crippen molar-refractivity contribution in [3.8, 4) is 11.9 Å². The van der Waals surface area contributed by atoms with Crippen LogP contribution in [-0.4, -0.2) is 75.7 Å². The number of aromatic nitrogens is 3. The third-order valence-electron chi connectivity index (χ3n) is 6.27. The zero-order chi connectivity index (χ0) is 26.1. The van der Waals surface area contributed by atoms with Crippen molar-refractivity contribution < 1.29 is 31.4 Å². The lowest BCUT2D eigenvalue weighted by molar-refractivity contribution is -0.162. The summed E-state index contributed by atoms with van der Waals surface area (Å²) in [6.07, 6.45) is -1.52. The monoisotopic (exact) mass is 526 g/mol. The predicted molar refractivity (Wildman–Crippen MR) is 121 cm³/mol. The first-order valence-electron chi connectivity index (χ1n) is 11.3. The first-order chi connectivity index (χ1) is 16.9. The third-order valence-corrected chi connectivity index (χ3v) is 8.05. The number of hydrogen-bond donors (Lipinski definition) is 2. The van der Waals surface area contributed by atoms with Gasteiger partial charge in [0.1, 0.15) is 29.5 Å². The highest BCUT2D eigenvalue weighted by Crippen LogP contribution is 2.41. The Bertz CT molecular complexity index is 1240. The number of anilines is 1. The summed E-state index contributed by atoms with van der Waals surface area (Å²) in [5, 5.41) is 22.5. The Kier molecular flexibility index (Phi) is 7.09. The number of rotatable bonds is 6. The molecule has 2 aromatic heterocycles. The minimum atomic E-state index is -3.95. The summed E-state index contributed by atoms with van der Waals surface area (Å²) < 4.78 is 74.6. The lowest BCUT2D eigenvalue weighted by Crippen LogP contribution is -2.51. The topological polar surface area (TPSA) is 141 Å². The molecule has 1 aliphatic heterocycles. The van der Waals surface area contributed by atoms with Crippen molar-refractivity contribution in [3.63, 3.8) is 0 Å². The van der Waals surface area contributed by atoms with Crippen LogP contribution in [0.15, 0.2) is 35.6 Å². The van der Waals surface area contributed by atoms with Gasteiger partial charge in [-0.05, 0) is 31.9 Å². The Labute approximate surface area is 206 Å². The van der Waals surface area contributed by atoms with Crippen LogP contribution in [-0.2, 0) is 10.0 Å². The van der Waals surface area contributed by atoms with Gasteiger partial charge in [-0.3, -0.25) is 0 Å². The molecule has 0 aromatic carbocycles. The molecule has 14 heteroatoms. The number of halogens is 3. The molecule has 4 rings (SSSR count). The highest BCUT2D eigenvalue weighted by atomic mass is 32.2. The van der Waals surface area contributed by atoms with Crippen molar-refractivity contribution in [1.82, 2.24) is 19.3 Å². The van der Waals surface area contributed by atoms with Crippen LogP contribution in [0.3, 0.4) is 0 Å². The first kappa shape index (κ1) is 26.1. The number of nitrogens with one attached hydrogen (secondary N) is 1. The second-order valence-corrected chi connectivity index (χ2v) is 11.0. The van der Waals surface area contributed by atoms with E-state index in [1.807, 2.05) is 6.07 Å². The summed E-state index contributed by atoms with van der Waals surface area (Å²) in [5.41, 5.74) is -1.94. The molecule has 2 fully saturated rings. The van der Waals surface area contributed by atoms with Crippen molar-refractivity contribution in [2.45, 2.75) is 67.5 Å². The number of nitrogens with zero attached hydrogens (tertiary/aromatic N) is 5. The van der Waals surface area contributed by atoms with E-state index in [4.69, 9.17) is 4.74 Å². The molecule has 10 nitrogen and oxygen atoms in total. The number of pyridine rings is 1. The molecule has 0 unspecified atom stereocenters. The zero-order valence-corrected chi connectivity index (χ0v) is 20.1. The molecule has 0 spiro atoms. The van der Waals surface area contributed by atoms with Crippen LogP contribution in [0.2, 0.25) is 0 Å². The second kappa shape index (κ2) is 9.79. The normalized spacial score (nSPS) is 28.7. The highest BCUT2D eigenvalue weighted by Gasteiger charge is 2.49. The molecule has 0 bridgehead atoms. The average molecular weight is 527 g/mol. The van der Waals surface area contributed by atoms with Gasteiger partial charge in [0.25, 0.3) is 15.9 Å². The Morgan fingerprint density at radius 2 is 2.08 bits per heavy atom. The number of sulfonamides is 1. The standard InChI is InChI=1S/C22H25F3N6O4S/c1-21(32)13-22(24,25)7-5-17(21)35-19-14(10-26)11-28-20(30-19)29-16-6-9-31(12-15(16)23)36(33,34)18-4-2-3-8-27-18/h2-4,8,11,15-17,32H,5-7,9,12-13H2,1H3,(H,28,29,30)/t15-,16-,17-,21+/m0/s1. The SMILES string of the molecule is C[C@@]1(O)CC(F)(F)CC[C@@H]1Oc1nc(N[C@H]2CCN(S(=O)(=O)c3ccccn3)C[C@@H]2F)ncc1C#N. The van der Waals surface area contributed by atoms with Crippen LogP contribution in [0.25, 0.3) is 0 Å². The van der Waals surface area contributed by atoms with E-state index in [1.54, 1.807) is 6.07 Å². The smallest absolute Gasteiger partial charge is 0.260 e. The van der Waals surface area contributed by atoms with E-state index in [-0.39, 0.29) is 41.8 Å². The molecule has 0 amide bonds. The molecule has 1 aliphatic carbocycles. The Morgan fingerprint density at radius 1 is 1.31 bits per heavy atom. The van der Waals surface area contributed by atoms with Crippen molar-refractivity contribution in [1.29, 1.82) is 5.26 Å². The summed E-state index contributed by atoms with van der Waals surface area (Å²) in [6, 6.07) is 5.45. The maximum atomic E-state index is 15.0. The van der Waals surface area contributed by atoms with Gasteiger partial charge in [-0.25, -0.2) is 31.6 Å². The quantitative estimate of drug-likeness (QED) is 0.580. The lowest BCUT2D eigenvalue weighted by atomic mass is 9.81. The summed E-state index contributed by atoms with van der Waals surface area (Å²) in [4.78, 5) is 11.9. The van der Waals surface area contributed by atoms with E-state index < -0.39 is 59.3 Å². The van der Waals surface area contributed by atoms with E-state index in [9.17, 15) is 32.0 Å². The average Bonchev–Trinajstić information content (AvgIpc) is 2.82. The van der Waals surface area contributed by atoms with Gasteiger partial charge in [-0.1, -0.05) is 6.07 Å². The first-order valence-corrected chi connectivity index (χ1v) is 12.7. The molecule has 4 atom stereocenters. The number of hydrogen-bond acceptors (Lipinski definition) is 9. The molecule has 2 aromatic rings. The Morgan fingerprint density at radius 3 is 2.72 bits per heavy atom. The highest BCUT2D eigenvalue weighted by molar-refractivity contribution is 7.89. The maximum absolute atomic E-state index is 15.0. The molecule has 0 radical (unpaired) electrons. The Hall–Kier alpha value is -3.02. The van der Waals surface area contributed by atoms with Gasteiger partial charge in [0.2, 0.25) is 11.8 Å². The molecule has 36 heavy (non-hydrogen) atoms. The fourth-order valence-electron chi connectivity index (χ4n) is 4.36. The van der Waals surface area contributed by atoms with Gasteiger partial charge in [0.05, 0.1) is 12.2 Å². The van der Waals surface area contributed by atoms with Gasteiger partial charge in [0.15, 0.2) is 5.03 Å². The third kappa shape index (κ3) is 5.53. The van der Waals surface area contributed by atoms with Crippen LogP contribution >= 0.6 is 0 Å². The maximum Gasteiger partial charge on any atom is 0.260 e. The van der Waals surface area contributed by atoms with Gasteiger partial charge < -0.3 is 15.2 Å². The fraction of sp³-hybridized carbons (Fsp3) is 0.545. The summed E-state index contributed by atoms with van der Waals surface area (Å²) >= 11 is 0. The van der Waals surface area contributed by atoms with E-state index in [0.717, 1.165) is 10.5 Å². The minimum Gasteiger partial charge on any atom is -0.470 e. The molecular weight excluding hydrogens is 501 g/mol. The fourth-order valence-corrected chi connectivity index (χ4v) is 5.75. The van der Waals surface area contributed by atoms with Crippen LogP contribution in [0, 0.1) is 11.3 Å². The number of ether oxygens (including phenoxy) is 1. The number of nitriles is 1. The van der Waals surface area contributed by atoms with Gasteiger partial charge in [-0.2, -0.15) is 14.6 Å². The second-order valence-electron chi connectivity index (χ2n) is 9.15. The molecule has 1 saturated heterocycles. The van der Waals surface area contributed by atoms with Crippen molar-refractivity contribution in [2.75, 3.05) is 18.4 Å². The lowest BCUT2D eigenvalue weighted by Gasteiger charge is -2.40. The van der Waals surface area contributed by atoms with Crippen LogP contribution in [0.1, 0.15) is 38.2 Å². The summed E-state index contributed by atoms with van der Waals surface area (Å²) in [7, 11) is -3.95. The van der Waals surface area contributed by atoms with Gasteiger partial charge >= 0.3 is 0 Å². The predicted octanol–water partition coefficient (Wildman–Crippen LogP) is 2.27. The number of aliphatic hydroxyl groups is 1. The van der Waals surface area contributed by atoms with E-state index in [1.165, 1.54) is 25.3 Å². The summed E-state index contributed by atoms with van der Waals surface area (Å²) in [5.74, 6) is -3.34.